The van der Waals surface area contributed by atoms with Crippen molar-refractivity contribution in [1.82, 2.24) is 5.32 Å². The van der Waals surface area contributed by atoms with Crippen LogP contribution in [0.3, 0.4) is 0 Å². The largest absolute Gasteiger partial charge is 0.507 e. The van der Waals surface area contributed by atoms with Gasteiger partial charge in [0.15, 0.2) is 0 Å². The Labute approximate surface area is 85.0 Å². The first-order valence-electron chi connectivity index (χ1n) is 4.63. The van der Waals surface area contributed by atoms with Crippen LogP contribution in [0.25, 0.3) is 0 Å². The van der Waals surface area contributed by atoms with Crippen LogP contribution < -0.4 is 5.32 Å². The molecule has 0 aromatic heterocycles. The quantitative estimate of drug-likeness (QED) is 0.561. The Morgan fingerprint density at radius 3 is 2.93 bits per heavy atom. The molecule has 2 N–H and O–H groups in total. The predicted octanol–water partition coefficient (Wildman–Crippen LogP) is 1.81. The lowest BCUT2D eigenvalue weighted by atomic mass is 10.1. The number of hydrogen-bond acceptors (Lipinski definition) is 2. The van der Waals surface area contributed by atoms with Gasteiger partial charge in [0.25, 0.3) is 0 Å². The van der Waals surface area contributed by atoms with E-state index >= 15 is 0 Å². The Balaban J connectivity index is 2.57. The molecule has 0 aliphatic rings. The van der Waals surface area contributed by atoms with Crippen LogP contribution in [0, 0.1) is 18.8 Å². The molecule has 0 unspecified atom stereocenters. The van der Waals surface area contributed by atoms with E-state index in [2.05, 4.69) is 17.2 Å². The Kier molecular flexibility index (Phi) is 4.03. The van der Waals surface area contributed by atoms with E-state index in [1.54, 1.807) is 0 Å². The van der Waals surface area contributed by atoms with E-state index in [0.29, 0.717) is 18.8 Å². The van der Waals surface area contributed by atoms with Crippen molar-refractivity contribution >= 4 is 0 Å². The van der Waals surface area contributed by atoms with Crippen LogP contribution in [-0.2, 0) is 6.54 Å². The lowest BCUT2D eigenvalue weighted by molar-refractivity contribution is 0.461. The molecule has 2 nitrogen and oxygen atoms in total. The first-order chi connectivity index (χ1) is 6.75. The van der Waals surface area contributed by atoms with E-state index in [9.17, 15) is 5.11 Å². The smallest absolute Gasteiger partial charge is 0.122 e. The minimum atomic E-state index is 0.379. The maximum atomic E-state index is 9.68. The topological polar surface area (TPSA) is 32.3 Å². The Bertz CT molecular complexity index is 360. The molecule has 1 rings (SSSR count). The number of nitrogens with one attached hydrogen (secondary N) is 1. The Morgan fingerprint density at radius 2 is 2.21 bits per heavy atom. The van der Waals surface area contributed by atoms with Crippen LogP contribution >= 0.6 is 0 Å². The summed E-state index contributed by atoms with van der Waals surface area (Å²) in [5.41, 5.74) is 1.83. The van der Waals surface area contributed by atoms with E-state index in [0.717, 1.165) is 11.1 Å². The summed E-state index contributed by atoms with van der Waals surface area (Å²) >= 11 is 0. The van der Waals surface area contributed by atoms with Gasteiger partial charge >= 0.3 is 0 Å². The van der Waals surface area contributed by atoms with Crippen LogP contribution in [0.15, 0.2) is 18.2 Å². The van der Waals surface area contributed by atoms with Crippen molar-refractivity contribution in [3.05, 3.63) is 29.3 Å². The van der Waals surface area contributed by atoms with Crippen LogP contribution in [0.1, 0.15) is 18.1 Å². The van der Waals surface area contributed by atoms with Crippen LogP contribution in [0.5, 0.6) is 5.75 Å². The third kappa shape index (κ3) is 2.79. The van der Waals surface area contributed by atoms with Gasteiger partial charge in [-0.1, -0.05) is 24.1 Å². The van der Waals surface area contributed by atoms with Gasteiger partial charge in [-0.25, -0.2) is 0 Å². The van der Waals surface area contributed by atoms with Crippen molar-refractivity contribution in [1.29, 1.82) is 0 Å². The van der Waals surface area contributed by atoms with Gasteiger partial charge in [0.1, 0.15) is 5.75 Å². The molecule has 0 aliphatic heterocycles. The van der Waals surface area contributed by atoms with Gasteiger partial charge in [-0.05, 0) is 19.4 Å². The molecule has 1 aromatic carbocycles. The van der Waals surface area contributed by atoms with E-state index in [1.807, 2.05) is 32.0 Å². The summed E-state index contributed by atoms with van der Waals surface area (Å²) in [4.78, 5) is 0. The molecule has 2 heteroatoms. The van der Waals surface area contributed by atoms with Crippen molar-refractivity contribution in [3.63, 3.8) is 0 Å². The Morgan fingerprint density at radius 1 is 1.43 bits per heavy atom. The zero-order valence-electron chi connectivity index (χ0n) is 8.59. The zero-order chi connectivity index (χ0) is 10.4. The van der Waals surface area contributed by atoms with Gasteiger partial charge in [0, 0.05) is 12.1 Å². The maximum absolute atomic E-state index is 9.68. The summed E-state index contributed by atoms with van der Waals surface area (Å²) in [7, 11) is 0. The highest BCUT2D eigenvalue weighted by Gasteiger charge is 2.01. The monoisotopic (exact) mass is 189 g/mol. The first-order valence-corrected chi connectivity index (χ1v) is 4.63. The highest BCUT2D eigenvalue weighted by Crippen LogP contribution is 2.20. The molecule has 0 fully saturated rings. The third-order valence-corrected chi connectivity index (χ3v) is 2.03. The molecule has 0 saturated carbocycles. The minimum absolute atomic E-state index is 0.379. The minimum Gasteiger partial charge on any atom is -0.507 e. The normalized spacial score (nSPS) is 9.29. The SMILES string of the molecule is CC#CCNCc1cccc(C)c1O. The predicted molar refractivity (Wildman–Crippen MR) is 58.0 cm³/mol. The van der Waals surface area contributed by atoms with Crippen LogP contribution in [0.2, 0.25) is 0 Å². The summed E-state index contributed by atoms with van der Waals surface area (Å²) in [6.07, 6.45) is 0. The lowest BCUT2D eigenvalue weighted by Crippen LogP contribution is -2.13. The van der Waals surface area contributed by atoms with Crippen molar-refractivity contribution in [2.75, 3.05) is 6.54 Å². The van der Waals surface area contributed by atoms with Gasteiger partial charge in [-0.3, -0.25) is 0 Å². The molecule has 1 aromatic rings. The van der Waals surface area contributed by atoms with Crippen LogP contribution in [0.4, 0.5) is 0 Å². The summed E-state index contributed by atoms with van der Waals surface area (Å²) < 4.78 is 0. The molecule has 0 aliphatic carbocycles. The molecule has 0 radical (unpaired) electrons. The number of aromatic hydroxyl groups is 1. The molecule has 0 spiro atoms. The fraction of sp³-hybridized carbons (Fsp3) is 0.333. The van der Waals surface area contributed by atoms with Gasteiger partial charge in [0.05, 0.1) is 6.54 Å². The summed E-state index contributed by atoms with van der Waals surface area (Å²) in [5, 5.41) is 12.8. The molecule has 0 heterocycles. The fourth-order valence-corrected chi connectivity index (χ4v) is 1.21. The first kappa shape index (κ1) is 10.6. The molecular formula is C12H15NO. The second-order valence-electron chi connectivity index (χ2n) is 3.11. The van der Waals surface area contributed by atoms with Crippen molar-refractivity contribution in [2.45, 2.75) is 20.4 Å². The number of benzene rings is 1. The molecule has 0 bridgehead atoms. The number of rotatable bonds is 3. The maximum Gasteiger partial charge on any atom is 0.122 e. The van der Waals surface area contributed by atoms with Crippen molar-refractivity contribution < 1.29 is 5.11 Å². The number of phenols is 1. The molecule has 0 atom stereocenters. The van der Waals surface area contributed by atoms with Crippen molar-refractivity contribution in [3.8, 4) is 17.6 Å². The molecule has 0 amide bonds. The highest BCUT2D eigenvalue weighted by atomic mass is 16.3. The second-order valence-corrected chi connectivity index (χ2v) is 3.11. The van der Waals surface area contributed by atoms with Gasteiger partial charge in [-0.15, -0.1) is 5.92 Å². The van der Waals surface area contributed by atoms with Crippen molar-refractivity contribution in [2.24, 2.45) is 0 Å². The lowest BCUT2D eigenvalue weighted by Gasteiger charge is -2.06. The average Bonchev–Trinajstić information content (AvgIpc) is 2.19. The number of para-hydroxylation sites is 1. The van der Waals surface area contributed by atoms with E-state index in [-0.39, 0.29) is 0 Å². The zero-order valence-corrected chi connectivity index (χ0v) is 8.59. The fourth-order valence-electron chi connectivity index (χ4n) is 1.21. The van der Waals surface area contributed by atoms with Gasteiger partial charge < -0.3 is 10.4 Å². The summed E-state index contributed by atoms with van der Waals surface area (Å²) in [5.74, 6) is 6.09. The van der Waals surface area contributed by atoms with E-state index in [4.69, 9.17) is 0 Å². The standard InChI is InChI=1S/C12H15NO/c1-3-4-8-13-9-11-7-5-6-10(2)12(11)14/h5-7,13-14H,8-9H2,1-2H3. The molecule has 0 saturated heterocycles. The molecular weight excluding hydrogens is 174 g/mol. The molecule has 74 valence electrons. The Hall–Kier alpha value is -1.46. The molecule has 14 heavy (non-hydrogen) atoms. The van der Waals surface area contributed by atoms with Gasteiger partial charge in [-0.2, -0.15) is 0 Å². The second kappa shape index (κ2) is 5.31. The van der Waals surface area contributed by atoms with Crippen LogP contribution in [-0.4, -0.2) is 11.7 Å². The number of aryl methyl sites for hydroxylation is 1. The number of hydrogen-bond donors (Lipinski definition) is 2. The number of phenolic OH excluding ortho intramolecular Hbond substituents is 1. The van der Waals surface area contributed by atoms with Gasteiger partial charge in [0.2, 0.25) is 0 Å². The highest BCUT2D eigenvalue weighted by molar-refractivity contribution is 5.39. The summed E-state index contributed by atoms with van der Waals surface area (Å²) in [6.45, 7) is 5.02. The third-order valence-electron chi connectivity index (χ3n) is 2.03. The summed E-state index contributed by atoms with van der Waals surface area (Å²) in [6, 6.07) is 5.75. The van der Waals surface area contributed by atoms with E-state index < -0.39 is 0 Å². The van der Waals surface area contributed by atoms with E-state index in [1.165, 1.54) is 0 Å². The average molecular weight is 189 g/mol.